The number of nitrogens with one attached hydrogen (secondary N) is 1. The first-order valence-corrected chi connectivity index (χ1v) is 13.3. The highest BCUT2D eigenvalue weighted by Gasteiger charge is 2.31. The van der Waals surface area contributed by atoms with Crippen molar-refractivity contribution < 1.29 is 22.4 Å². The summed E-state index contributed by atoms with van der Waals surface area (Å²) in [6, 6.07) is 11.7. The molecule has 0 aliphatic heterocycles. The SMILES string of the molecule is CCCCNC(=O)[C@H](CC)N(Cc1ccc(C)cc1)C(=O)CN(c1ccc(F)cc1)S(C)(=O)=O. The summed E-state index contributed by atoms with van der Waals surface area (Å²) in [5.41, 5.74) is 2.06. The fraction of sp³-hybridized carbons (Fsp3) is 0.440. The first kappa shape index (κ1) is 27.3. The van der Waals surface area contributed by atoms with Crippen LogP contribution in [0.5, 0.6) is 0 Å². The molecule has 0 unspecified atom stereocenters. The second-order valence-corrected chi connectivity index (χ2v) is 10.2. The largest absolute Gasteiger partial charge is 0.354 e. The molecular weight excluding hydrogens is 457 g/mol. The zero-order valence-corrected chi connectivity index (χ0v) is 21.1. The maximum Gasteiger partial charge on any atom is 0.244 e. The number of anilines is 1. The van der Waals surface area contributed by atoms with Crippen LogP contribution in [0.15, 0.2) is 48.5 Å². The first-order chi connectivity index (χ1) is 16.1. The average molecular weight is 492 g/mol. The van der Waals surface area contributed by atoms with Gasteiger partial charge in [0, 0.05) is 13.1 Å². The molecular formula is C25H34FN3O4S. The molecule has 186 valence electrons. The predicted molar refractivity (Wildman–Crippen MR) is 132 cm³/mol. The van der Waals surface area contributed by atoms with Crippen molar-refractivity contribution in [3.8, 4) is 0 Å². The lowest BCUT2D eigenvalue weighted by molar-refractivity contribution is -0.140. The van der Waals surface area contributed by atoms with Gasteiger partial charge >= 0.3 is 0 Å². The normalized spacial score (nSPS) is 12.1. The van der Waals surface area contributed by atoms with E-state index >= 15 is 0 Å². The van der Waals surface area contributed by atoms with Crippen LogP contribution >= 0.6 is 0 Å². The number of amides is 2. The van der Waals surface area contributed by atoms with E-state index in [2.05, 4.69) is 5.32 Å². The van der Waals surface area contributed by atoms with E-state index in [1.54, 1.807) is 0 Å². The Bertz CT molecular complexity index is 1060. The van der Waals surface area contributed by atoms with Crippen LogP contribution in [0.1, 0.15) is 44.2 Å². The van der Waals surface area contributed by atoms with Crippen molar-refractivity contribution in [2.24, 2.45) is 0 Å². The summed E-state index contributed by atoms with van der Waals surface area (Å²) in [5.74, 6) is -1.31. The monoisotopic (exact) mass is 491 g/mol. The van der Waals surface area contributed by atoms with Gasteiger partial charge in [-0.1, -0.05) is 50.1 Å². The van der Waals surface area contributed by atoms with Crippen molar-refractivity contribution in [2.75, 3.05) is 23.7 Å². The van der Waals surface area contributed by atoms with E-state index in [0.29, 0.717) is 13.0 Å². The minimum absolute atomic E-state index is 0.153. The summed E-state index contributed by atoms with van der Waals surface area (Å²) in [7, 11) is -3.85. The van der Waals surface area contributed by atoms with E-state index in [9.17, 15) is 22.4 Å². The van der Waals surface area contributed by atoms with Crippen LogP contribution in [0.3, 0.4) is 0 Å². The Hall–Kier alpha value is -2.94. The molecule has 34 heavy (non-hydrogen) atoms. The van der Waals surface area contributed by atoms with Crippen molar-refractivity contribution >= 4 is 27.5 Å². The molecule has 0 aliphatic carbocycles. The third kappa shape index (κ3) is 7.83. The van der Waals surface area contributed by atoms with E-state index in [4.69, 9.17) is 0 Å². The van der Waals surface area contributed by atoms with Crippen molar-refractivity contribution in [2.45, 2.75) is 52.6 Å². The molecule has 0 heterocycles. The number of carbonyl (C=O) groups is 2. The zero-order valence-electron chi connectivity index (χ0n) is 20.3. The molecule has 0 aliphatic rings. The molecule has 0 saturated carbocycles. The Balaban J connectivity index is 2.37. The van der Waals surface area contributed by atoms with E-state index in [0.717, 1.165) is 46.7 Å². The molecule has 0 saturated heterocycles. The smallest absolute Gasteiger partial charge is 0.244 e. The average Bonchev–Trinajstić information content (AvgIpc) is 2.78. The summed E-state index contributed by atoms with van der Waals surface area (Å²) in [5, 5.41) is 2.88. The highest BCUT2D eigenvalue weighted by molar-refractivity contribution is 7.92. The molecule has 1 N–H and O–H groups in total. The zero-order chi connectivity index (χ0) is 25.3. The number of hydrogen-bond donors (Lipinski definition) is 1. The van der Waals surface area contributed by atoms with Gasteiger partial charge in [-0.2, -0.15) is 0 Å². The summed E-state index contributed by atoms with van der Waals surface area (Å²) in [6.07, 6.45) is 3.10. The van der Waals surface area contributed by atoms with Crippen LogP contribution in [-0.4, -0.2) is 50.5 Å². The molecule has 2 rings (SSSR count). The molecule has 0 spiro atoms. The molecule has 2 amide bonds. The molecule has 0 radical (unpaired) electrons. The van der Waals surface area contributed by atoms with Gasteiger partial charge in [-0.25, -0.2) is 12.8 Å². The number of carbonyl (C=O) groups excluding carboxylic acids is 2. The number of halogens is 1. The Morgan fingerprint density at radius 1 is 1.03 bits per heavy atom. The topological polar surface area (TPSA) is 86.8 Å². The maximum atomic E-state index is 13.5. The van der Waals surface area contributed by atoms with Gasteiger partial charge in [-0.15, -0.1) is 0 Å². The molecule has 1 atom stereocenters. The lowest BCUT2D eigenvalue weighted by Gasteiger charge is -2.33. The first-order valence-electron chi connectivity index (χ1n) is 11.4. The second kappa shape index (κ2) is 12.5. The third-order valence-corrected chi connectivity index (χ3v) is 6.62. The molecule has 0 aromatic heterocycles. The van der Waals surface area contributed by atoms with Gasteiger partial charge in [-0.05, 0) is 49.6 Å². The van der Waals surface area contributed by atoms with Gasteiger partial charge < -0.3 is 10.2 Å². The van der Waals surface area contributed by atoms with Crippen LogP contribution in [0, 0.1) is 12.7 Å². The summed E-state index contributed by atoms with van der Waals surface area (Å²) in [6.45, 7) is 5.94. The van der Waals surface area contributed by atoms with E-state index in [1.807, 2.05) is 45.0 Å². The van der Waals surface area contributed by atoms with Crippen LogP contribution in [0.2, 0.25) is 0 Å². The maximum absolute atomic E-state index is 13.5. The second-order valence-electron chi connectivity index (χ2n) is 8.32. The van der Waals surface area contributed by atoms with Crippen LogP contribution in [0.4, 0.5) is 10.1 Å². The molecule has 2 aromatic carbocycles. The predicted octanol–water partition coefficient (Wildman–Crippen LogP) is 3.62. The van der Waals surface area contributed by atoms with E-state index < -0.39 is 34.3 Å². The number of hydrogen-bond acceptors (Lipinski definition) is 4. The lowest BCUT2D eigenvalue weighted by Crippen LogP contribution is -2.52. The minimum atomic E-state index is -3.85. The Labute approximate surface area is 202 Å². The van der Waals surface area contributed by atoms with Crippen molar-refractivity contribution in [1.82, 2.24) is 10.2 Å². The molecule has 2 aromatic rings. The molecule has 7 nitrogen and oxygen atoms in total. The number of sulfonamides is 1. The number of rotatable bonds is 12. The van der Waals surface area contributed by atoms with E-state index in [-0.39, 0.29) is 18.1 Å². The number of unbranched alkanes of at least 4 members (excludes halogenated alkanes) is 1. The van der Waals surface area contributed by atoms with Crippen LogP contribution < -0.4 is 9.62 Å². The van der Waals surface area contributed by atoms with Gasteiger partial charge in [0.05, 0.1) is 11.9 Å². The Morgan fingerprint density at radius 2 is 1.65 bits per heavy atom. The highest BCUT2D eigenvalue weighted by atomic mass is 32.2. The van der Waals surface area contributed by atoms with Gasteiger partial charge in [0.2, 0.25) is 21.8 Å². The Kier molecular flexibility index (Phi) is 10.0. The van der Waals surface area contributed by atoms with Gasteiger partial charge in [0.25, 0.3) is 0 Å². The van der Waals surface area contributed by atoms with E-state index in [1.165, 1.54) is 17.0 Å². The summed E-state index contributed by atoms with van der Waals surface area (Å²) in [4.78, 5) is 27.9. The fourth-order valence-corrected chi connectivity index (χ4v) is 4.39. The number of nitrogens with zero attached hydrogens (tertiary/aromatic N) is 2. The van der Waals surface area contributed by atoms with Crippen LogP contribution in [0.25, 0.3) is 0 Å². The van der Waals surface area contributed by atoms with Gasteiger partial charge in [0.15, 0.2) is 0 Å². The fourth-order valence-electron chi connectivity index (χ4n) is 3.54. The van der Waals surface area contributed by atoms with Crippen molar-refractivity contribution in [3.05, 3.63) is 65.5 Å². The standard InChI is InChI=1S/C25H34FN3O4S/c1-5-7-16-27-25(31)23(6-2)28(17-20-10-8-19(3)9-11-20)24(30)18-29(34(4,32)33)22-14-12-21(26)13-15-22/h8-15,23H,5-7,16-18H2,1-4H3,(H,27,31)/t23-/m0/s1. The highest BCUT2D eigenvalue weighted by Crippen LogP contribution is 2.20. The molecule has 9 heteroatoms. The molecule has 0 bridgehead atoms. The minimum Gasteiger partial charge on any atom is -0.354 e. The summed E-state index contributed by atoms with van der Waals surface area (Å²) >= 11 is 0. The Morgan fingerprint density at radius 3 is 2.18 bits per heavy atom. The van der Waals surface area contributed by atoms with Gasteiger partial charge in [0.1, 0.15) is 18.4 Å². The van der Waals surface area contributed by atoms with Crippen molar-refractivity contribution in [1.29, 1.82) is 0 Å². The number of aryl methyl sites for hydroxylation is 1. The molecule has 0 fully saturated rings. The quantitative estimate of drug-likeness (QED) is 0.460. The van der Waals surface area contributed by atoms with Crippen LogP contribution in [-0.2, 0) is 26.2 Å². The van der Waals surface area contributed by atoms with Crippen molar-refractivity contribution in [3.63, 3.8) is 0 Å². The number of benzene rings is 2. The lowest BCUT2D eigenvalue weighted by atomic mass is 10.1. The third-order valence-electron chi connectivity index (χ3n) is 5.48. The summed E-state index contributed by atoms with van der Waals surface area (Å²) < 4.78 is 39.3. The van der Waals surface area contributed by atoms with Gasteiger partial charge in [-0.3, -0.25) is 13.9 Å².